The summed E-state index contributed by atoms with van der Waals surface area (Å²) in [6, 6.07) is 20.8. The zero-order chi connectivity index (χ0) is 20.4. The smallest absolute Gasteiger partial charge is 0.294 e. The van der Waals surface area contributed by atoms with E-state index in [2.05, 4.69) is 21.2 Å². The fourth-order valence-corrected chi connectivity index (χ4v) is 4.26. The van der Waals surface area contributed by atoms with Gasteiger partial charge in [0.25, 0.3) is 11.1 Å². The van der Waals surface area contributed by atoms with E-state index in [1.165, 1.54) is 0 Å². The van der Waals surface area contributed by atoms with Crippen LogP contribution in [0.5, 0.6) is 0 Å². The lowest BCUT2D eigenvalue weighted by Gasteiger charge is -2.13. The molecule has 0 aromatic heterocycles. The lowest BCUT2D eigenvalue weighted by Crippen LogP contribution is -2.36. The number of carbonyl (C=O) groups excluding carboxylic acids is 3. The van der Waals surface area contributed by atoms with Crippen LogP contribution in [-0.4, -0.2) is 28.5 Å². The summed E-state index contributed by atoms with van der Waals surface area (Å²) in [7, 11) is 0. The van der Waals surface area contributed by atoms with Gasteiger partial charge in [0.05, 0.1) is 10.6 Å². The molecule has 7 heteroatoms. The first kappa shape index (κ1) is 19.4. The van der Waals surface area contributed by atoms with E-state index in [4.69, 9.17) is 0 Å². The predicted octanol–water partition coefficient (Wildman–Crippen LogP) is 5.28. The molecule has 0 aliphatic carbocycles. The maximum Gasteiger partial charge on any atom is 0.294 e. The van der Waals surface area contributed by atoms with Crippen LogP contribution in [0.25, 0.3) is 16.8 Å². The number of benzene rings is 3. The number of carbonyl (C=O) groups is 3. The van der Waals surface area contributed by atoms with E-state index in [1.54, 1.807) is 24.3 Å². The SMILES string of the molecule is O=C(CN1C(=O)S/C(=C/c2cccc3ccccc23)C1=O)Nc1ccccc1Br. The molecule has 1 fully saturated rings. The fraction of sp³-hybridized carbons (Fsp3) is 0.0455. The second-order valence-corrected chi connectivity index (χ2v) is 8.21. The third kappa shape index (κ3) is 4.11. The Hall–Kier alpha value is -2.90. The summed E-state index contributed by atoms with van der Waals surface area (Å²) in [5, 5.41) is 4.29. The minimum Gasteiger partial charge on any atom is -0.324 e. The predicted molar refractivity (Wildman–Crippen MR) is 119 cm³/mol. The lowest BCUT2D eigenvalue weighted by atomic mass is 10.0. The van der Waals surface area contributed by atoms with Crippen molar-refractivity contribution in [3.63, 3.8) is 0 Å². The Morgan fingerprint density at radius 2 is 1.72 bits per heavy atom. The molecular weight excluding hydrogens is 452 g/mol. The van der Waals surface area contributed by atoms with Crippen molar-refractivity contribution in [1.29, 1.82) is 0 Å². The minimum atomic E-state index is -0.463. The van der Waals surface area contributed by atoms with Crippen LogP contribution in [0.3, 0.4) is 0 Å². The van der Waals surface area contributed by atoms with Gasteiger partial charge in [0.2, 0.25) is 5.91 Å². The number of halogens is 1. The number of thioether (sulfide) groups is 1. The Bertz CT molecular complexity index is 1170. The molecule has 1 aliphatic heterocycles. The van der Waals surface area contributed by atoms with Gasteiger partial charge >= 0.3 is 0 Å². The first-order valence-corrected chi connectivity index (χ1v) is 10.4. The second kappa shape index (κ2) is 8.23. The van der Waals surface area contributed by atoms with Gasteiger partial charge < -0.3 is 5.32 Å². The Balaban J connectivity index is 1.53. The van der Waals surface area contributed by atoms with Crippen LogP contribution < -0.4 is 5.32 Å². The third-order valence-corrected chi connectivity index (χ3v) is 6.03. The number of imide groups is 1. The summed E-state index contributed by atoms with van der Waals surface area (Å²) >= 11 is 4.20. The van der Waals surface area contributed by atoms with Crippen molar-refractivity contribution in [2.45, 2.75) is 0 Å². The van der Waals surface area contributed by atoms with Crippen molar-refractivity contribution < 1.29 is 14.4 Å². The molecular formula is C22H15BrN2O3S. The highest BCUT2D eigenvalue weighted by Crippen LogP contribution is 2.33. The quantitative estimate of drug-likeness (QED) is 0.531. The van der Waals surface area contributed by atoms with Gasteiger partial charge in [0.15, 0.2) is 0 Å². The summed E-state index contributed by atoms with van der Waals surface area (Å²) in [5.41, 5.74) is 1.43. The number of rotatable bonds is 4. The molecule has 1 aliphatic rings. The molecule has 1 heterocycles. The summed E-state index contributed by atoms with van der Waals surface area (Å²) in [6.45, 7) is -0.334. The number of hydrogen-bond acceptors (Lipinski definition) is 4. The van der Waals surface area contributed by atoms with E-state index >= 15 is 0 Å². The summed E-state index contributed by atoms with van der Waals surface area (Å²) in [6.07, 6.45) is 1.71. The molecule has 0 bridgehead atoms. The maximum absolute atomic E-state index is 12.7. The topological polar surface area (TPSA) is 66.5 Å². The Morgan fingerprint density at radius 3 is 2.55 bits per heavy atom. The first-order valence-electron chi connectivity index (χ1n) is 8.80. The minimum absolute atomic E-state index is 0.306. The van der Waals surface area contributed by atoms with E-state index in [-0.39, 0.29) is 6.54 Å². The number of nitrogens with one attached hydrogen (secondary N) is 1. The molecule has 29 heavy (non-hydrogen) atoms. The molecule has 3 aromatic rings. The van der Waals surface area contributed by atoms with Crippen LogP contribution in [0.15, 0.2) is 76.1 Å². The van der Waals surface area contributed by atoms with Gasteiger partial charge in [-0.05, 0) is 62.2 Å². The van der Waals surface area contributed by atoms with Crippen molar-refractivity contribution in [3.05, 3.63) is 81.7 Å². The zero-order valence-electron chi connectivity index (χ0n) is 15.1. The van der Waals surface area contributed by atoms with E-state index in [0.717, 1.165) is 37.5 Å². The third-order valence-electron chi connectivity index (χ3n) is 4.43. The van der Waals surface area contributed by atoms with E-state index in [9.17, 15) is 14.4 Å². The lowest BCUT2D eigenvalue weighted by molar-refractivity contribution is -0.127. The highest BCUT2D eigenvalue weighted by Gasteiger charge is 2.36. The number of amides is 3. The highest BCUT2D eigenvalue weighted by molar-refractivity contribution is 9.10. The van der Waals surface area contributed by atoms with E-state index < -0.39 is 17.1 Å². The van der Waals surface area contributed by atoms with Gasteiger partial charge in [-0.25, -0.2) is 0 Å². The van der Waals surface area contributed by atoms with E-state index in [1.807, 2.05) is 48.5 Å². The molecule has 0 saturated carbocycles. The summed E-state index contributed by atoms with van der Waals surface area (Å²) in [4.78, 5) is 38.7. The van der Waals surface area contributed by atoms with Crippen LogP contribution in [0.2, 0.25) is 0 Å². The van der Waals surface area contributed by atoms with Crippen LogP contribution >= 0.6 is 27.7 Å². The molecule has 1 N–H and O–H groups in total. The molecule has 144 valence electrons. The van der Waals surface area contributed by atoms with Crippen molar-refractivity contribution >= 4 is 67.3 Å². The highest BCUT2D eigenvalue weighted by atomic mass is 79.9. The average Bonchev–Trinajstić information content (AvgIpc) is 2.97. The van der Waals surface area contributed by atoms with Crippen LogP contribution in [0.1, 0.15) is 5.56 Å². The second-order valence-electron chi connectivity index (χ2n) is 6.36. The van der Waals surface area contributed by atoms with E-state index in [0.29, 0.717) is 10.6 Å². The van der Waals surface area contributed by atoms with Gasteiger partial charge in [0.1, 0.15) is 6.54 Å². The fourth-order valence-electron chi connectivity index (χ4n) is 3.05. The summed E-state index contributed by atoms with van der Waals surface area (Å²) < 4.78 is 0.721. The zero-order valence-corrected chi connectivity index (χ0v) is 17.5. The Kier molecular flexibility index (Phi) is 5.51. The van der Waals surface area contributed by atoms with Crippen LogP contribution in [0.4, 0.5) is 10.5 Å². The first-order chi connectivity index (χ1) is 14.0. The number of anilines is 1. The van der Waals surface area contributed by atoms with Crippen LogP contribution in [0, 0.1) is 0 Å². The molecule has 5 nitrogen and oxygen atoms in total. The molecule has 0 spiro atoms. The van der Waals surface area contributed by atoms with Gasteiger partial charge in [0, 0.05) is 4.47 Å². The number of nitrogens with zero attached hydrogens (tertiary/aromatic N) is 1. The molecule has 3 aromatic carbocycles. The summed E-state index contributed by atoms with van der Waals surface area (Å²) in [5.74, 6) is -0.902. The van der Waals surface area contributed by atoms with Gasteiger partial charge in [-0.15, -0.1) is 0 Å². The van der Waals surface area contributed by atoms with Crippen LogP contribution in [-0.2, 0) is 9.59 Å². The standard InChI is InChI=1S/C22H15BrN2O3S/c23-17-10-3-4-11-18(17)24-20(26)13-25-21(27)19(29-22(25)28)12-15-8-5-7-14-6-1-2-9-16(14)15/h1-12H,13H2,(H,24,26)/b19-12+. The Morgan fingerprint density at radius 1 is 1.00 bits per heavy atom. The number of hydrogen-bond donors (Lipinski definition) is 1. The number of para-hydroxylation sites is 1. The largest absolute Gasteiger partial charge is 0.324 e. The average molecular weight is 467 g/mol. The molecule has 0 atom stereocenters. The monoisotopic (exact) mass is 466 g/mol. The van der Waals surface area contributed by atoms with Gasteiger partial charge in [-0.3, -0.25) is 19.3 Å². The number of fused-ring (bicyclic) bond motifs is 1. The Labute approximate surface area is 179 Å². The van der Waals surface area contributed by atoms with Crippen molar-refractivity contribution in [2.24, 2.45) is 0 Å². The molecule has 3 amide bonds. The normalized spacial score (nSPS) is 15.3. The molecule has 1 saturated heterocycles. The molecule has 0 radical (unpaired) electrons. The van der Waals surface area contributed by atoms with Gasteiger partial charge in [-0.2, -0.15) is 0 Å². The molecule has 4 rings (SSSR count). The van der Waals surface area contributed by atoms with Crippen molar-refractivity contribution in [3.8, 4) is 0 Å². The van der Waals surface area contributed by atoms with Gasteiger partial charge in [-0.1, -0.05) is 54.6 Å². The van der Waals surface area contributed by atoms with Crippen molar-refractivity contribution in [1.82, 2.24) is 4.90 Å². The molecule has 0 unspecified atom stereocenters. The maximum atomic E-state index is 12.7. The van der Waals surface area contributed by atoms with Crippen molar-refractivity contribution in [2.75, 3.05) is 11.9 Å².